The molecule has 0 atom stereocenters. The van der Waals surface area contributed by atoms with E-state index in [4.69, 9.17) is 9.47 Å². The van der Waals surface area contributed by atoms with Crippen molar-refractivity contribution < 1.29 is 38.2 Å². The minimum absolute atomic E-state index is 0.00620. The second-order valence-electron chi connectivity index (χ2n) is 10.3. The van der Waals surface area contributed by atoms with Crippen molar-refractivity contribution in [3.05, 3.63) is 119 Å². The van der Waals surface area contributed by atoms with Crippen LogP contribution >= 0.6 is 0 Å². The van der Waals surface area contributed by atoms with Crippen LogP contribution in [0, 0.1) is 10.8 Å². The number of ketones is 4. The number of carbonyl (C=O) groups excluding carboxylic acids is 6. The van der Waals surface area contributed by atoms with Gasteiger partial charge in [0.15, 0.2) is 23.1 Å². The zero-order chi connectivity index (χ0) is 29.2. The number of benzene rings is 2. The van der Waals surface area contributed by atoms with Gasteiger partial charge in [0.1, 0.15) is 0 Å². The smallest absolute Gasteiger partial charge is 0.343 e. The Hall–Kier alpha value is -4.98. The van der Waals surface area contributed by atoms with Crippen LogP contribution in [0.5, 0.6) is 0 Å². The second kappa shape index (κ2) is 10.6. The lowest BCUT2D eigenvalue weighted by Gasteiger charge is -2.28. The number of rotatable bonds is 5. The molecule has 0 saturated heterocycles. The third-order valence-electron chi connectivity index (χ3n) is 6.68. The van der Waals surface area contributed by atoms with E-state index in [1.807, 2.05) is 0 Å². The molecule has 2 aromatic carbocycles. The van der Waals surface area contributed by atoms with Gasteiger partial charge in [-0.2, -0.15) is 0 Å². The minimum atomic E-state index is -1.54. The average Bonchev–Trinajstić information content (AvgIpc) is 2.95. The number of ether oxygens (including phenoxy) is 2. The van der Waals surface area contributed by atoms with Crippen LogP contribution in [0.2, 0.25) is 0 Å². The predicted molar refractivity (Wildman–Crippen MR) is 144 cm³/mol. The van der Waals surface area contributed by atoms with Gasteiger partial charge in [0, 0.05) is 11.1 Å². The van der Waals surface area contributed by atoms with Gasteiger partial charge in [0.05, 0.1) is 22.0 Å². The molecule has 0 N–H and O–H groups in total. The van der Waals surface area contributed by atoms with Gasteiger partial charge in [-0.05, 0) is 64.1 Å². The third-order valence-corrected chi connectivity index (χ3v) is 6.68. The molecule has 0 saturated carbocycles. The lowest BCUT2D eigenvalue weighted by Crippen LogP contribution is -2.40. The van der Waals surface area contributed by atoms with E-state index in [1.165, 1.54) is 64.1 Å². The van der Waals surface area contributed by atoms with Gasteiger partial charge >= 0.3 is 11.9 Å². The first kappa shape index (κ1) is 28.0. The zero-order valence-corrected chi connectivity index (χ0v) is 22.3. The van der Waals surface area contributed by atoms with Crippen molar-refractivity contribution in [3.8, 4) is 0 Å². The zero-order valence-electron chi connectivity index (χ0n) is 22.3. The van der Waals surface area contributed by atoms with Crippen molar-refractivity contribution in [2.75, 3.05) is 0 Å². The van der Waals surface area contributed by atoms with E-state index in [0.717, 1.165) is 12.2 Å². The Morgan fingerprint density at radius 3 is 1.20 bits per heavy atom. The molecule has 2 aliphatic rings. The largest absolute Gasteiger partial charge is 0.419 e. The first-order valence-corrected chi connectivity index (χ1v) is 12.4. The molecule has 0 amide bonds. The number of hydrogen-bond acceptors (Lipinski definition) is 8. The van der Waals surface area contributed by atoms with E-state index in [-0.39, 0.29) is 33.8 Å². The maximum absolute atomic E-state index is 13.1. The fourth-order valence-corrected chi connectivity index (χ4v) is 4.13. The Balaban J connectivity index is 1.71. The van der Waals surface area contributed by atoms with Gasteiger partial charge in [-0.15, -0.1) is 0 Å². The molecule has 0 spiro atoms. The van der Waals surface area contributed by atoms with Crippen LogP contribution in [0.3, 0.4) is 0 Å². The Morgan fingerprint density at radius 1 is 0.550 bits per heavy atom. The van der Waals surface area contributed by atoms with Gasteiger partial charge in [-0.3, -0.25) is 19.2 Å². The van der Waals surface area contributed by atoms with Crippen LogP contribution in [0.4, 0.5) is 0 Å². The Kier molecular flexibility index (Phi) is 7.46. The van der Waals surface area contributed by atoms with E-state index in [9.17, 15) is 28.8 Å². The van der Waals surface area contributed by atoms with Crippen molar-refractivity contribution >= 4 is 35.1 Å². The third kappa shape index (κ3) is 5.29. The lowest BCUT2D eigenvalue weighted by atomic mass is 9.74. The molecule has 0 fully saturated rings. The number of carbonyl (C=O) groups is 6. The molecule has 0 unspecified atom stereocenters. The number of hydrogen-bond donors (Lipinski definition) is 0. The van der Waals surface area contributed by atoms with E-state index in [0.29, 0.717) is 0 Å². The van der Waals surface area contributed by atoms with Gasteiger partial charge in [-0.1, -0.05) is 48.6 Å². The molecule has 40 heavy (non-hydrogen) atoms. The average molecular weight is 539 g/mol. The van der Waals surface area contributed by atoms with Gasteiger partial charge in [0.2, 0.25) is 11.6 Å². The lowest BCUT2D eigenvalue weighted by molar-refractivity contribution is -0.137. The van der Waals surface area contributed by atoms with E-state index >= 15 is 0 Å². The highest BCUT2D eigenvalue weighted by atomic mass is 16.5. The molecule has 0 aliphatic heterocycles. The Bertz CT molecular complexity index is 1450. The first-order valence-electron chi connectivity index (χ1n) is 12.4. The highest BCUT2D eigenvalue weighted by molar-refractivity contribution is 6.24. The maximum Gasteiger partial charge on any atom is 0.343 e. The number of esters is 2. The van der Waals surface area contributed by atoms with Crippen LogP contribution in [-0.4, -0.2) is 35.1 Å². The van der Waals surface area contributed by atoms with Gasteiger partial charge in [0.25, 0.3) is 0 Å². The quantitative estimate of drug-likeness (QED) is 0.306. The molecule has 202 valence electrons. The van der Waals surface area contributed by atoms with E-state index in [1.54, 1.807) is 36.4 Å². The van der Waals surface area contributed by atoms with Crippen molar-refractivity contribution in [3.63, 3.8) is 0 Å². The topological polar surface area (TPSA) is 121 Å². The molecule has 8 nitrogen and oxygen atoms in total. The maximum atomic E-state index is 13.1. The minimum Gasteiger partial charge on any atom is -0.419 e. The molecular formula is C32H26O8. The summed E-state index contributed by atoms with van der Waals surface area (Å²) in [7, 11) is 0. The summed E-state index contributed by atoms with van der Waals surface area (Å²) in [5, 5.41) is 0. The SMILES string of the molecule is CC1(C)C(=O)C(OC(=O)c2ccccc2)=C/C(=C/C=C2/C=C(OC(=O)c3ccccc3)C(=O)C(C)(C)C2=O)C1=O. The Labute approximate surface area is 230 Å². The number of allylic oxidation sites excluding steroid dienone is 8. The molecule has 0 radical (unpaired) electrons. The van der Waals surface area contributed by atoms with Gasteiger partial charge < -0.3 is 9.47 Å². The fourth-order valence-electron chi connectivity index (χ4n) is 4.13. The standard InChI is InChI=1S/C32H26O8/c1-31(2)25(33)21(17-23(27(31)35)39-29(37)19-11-7-5-8-12-19)15-16-22-18-24(28(36)32(3,4)26(22)34)40-30(38)20-13-9-6-10-14-20/h5-18H,1-4H3/b21-15-,22-16-. The Morgan fingerprint density at radius 2 is 0.875 bits per heavy atom. The van der Waals surface area contributed by atoms with Crippen molar-refractivity contribution in [2.24, 2.45) is 10.8 Å². The van der Waals surface area contributed by atoms with Crippen LogP contribution in [0.25, 0.3) is 0 Å². The van der Waals surface area contributed by atoms with Crippen LogP contribution < -0.4 is 0 Å². The molecular weight excluding hydrogens is 512 g/mol. The monoisotopic (exact) mass is 538 g/mol. The van der Waals surface area contributed by atoms with Crippen molar-refractivity contribution in [1.29, 1.82) is 0 Å². The molecule has 0 bridgehead atoms. The van der Waals surface area contributed by atoms with E-state index < -0.39 is 45.9 Å². The van der Waals surface area contributed by atoms with Crippen molar-refractivity contribution in [1.82, 2.24) is 0 Å². The first-order chi connectivity index (χ1) is 18.8. The highest BCUT2D eigenvalue weighted by Crippen LogP contribution is 2.35. The molecule has 2 aliphatic carbocycles. The summed E-state index contributed by atoms with van der Waals surface area (Å²) in [6.45, 7) is 5.65. The summed E-state index contributed by atoms with van der Waals surface area (Å²) in [5.74, 6) is -4.59. The summed E-state index contributed by atoms with van der Waals surface area (Å²) in [4.78, 5) is 77.3. The van der Waals surface area contributed by atoms with Crippen LogP contribution in [0.1, 0.15) is 48.4 Å². The van der Waals surface area contributed by atoms with Crippen LogP contribution in [0.15, 0.2) is 108 Å². The summed E-state index contributed by atoms with van der Waals surface area (Å²) < 4.78 is 10.7. The summed E-state index contributed by atoms with van der Waals surface area (Å²) in [6, 6.07) is 16.1. The normalized spacial score (nSPS) is 20.2. The summed E-state index contributed by atoms with van der Waals surface area (Å²) in [6.07, 6.45) is 4.91. The van der Waals surface area contributed by atoms with E-state index in [2.05, 4.69) is 0 Å². The molecule has 8 heteroatoms. The second-order valence-corrected chi connectivity index (χ2v) is 10.3. The number of Topliss-reactive ketones (excluding diaryl/α,β-unsaturated/α-hetero) is 4. The predicted octanol–water partition coefficient (Wildman–Crippen LogP) is 4.68. The summed E-state index contributed by atoms with van der Waals surface area (Å²) >= 11 is 0. The fraction of sp³-hybridized carbons (Fsp3) is 0.188. The van der Waals surface area contributed by atoms with Crippen LogP contribution in [-0.2, 0) is 28.7 Å². The molecule has 2 aromatic rings. The highest BCUT2D eigenvalue weighted by Gasteiger charge is 2.45. The summed E-state index contributed by atoms with van der Waals surface area (Å²) in [5.41, 5.74) is -2.62. The molecule has 0 heterocycles. The van der Waals surface area contributed by atoms with Crippen molar-refractivity contribution in [2.45, 2.75) is 27.7 Å². The van der Waals surface area contributed by atoms with Gasteiger partial charge in [-0.25, -0.2) is 9.59 Å². The molecule has 0 aromatic heterocycles. The molecule has 4 rings (SSSR count).